The first kappa shape index (κ1) is 26.3. The molecule has 10 heteroatoms. The summed E-state index contributed by atoms with van der Waals surface area (Å²) in [5.41, 5.74) is 8.69. The Balaban J connectivity index is 1.87. The Kier molecular flexibility index (Phi) is 8.98. The van der Waals surface area contributed by atoms with Gasteiger partial charge in [0.1, 0.15) is 29.8 Å². The van der Waals surface area contributed by atoms with E-state index >= 15 is 4.39 Å². The molecule has 0 saturated carbocycles. The molecule has 0 spiro atoms. The Hall–Kier alpha value is -3.26. The number of methoxy groups -OCH3 is 1. The lowest BCUT2D eigenvalue weighted by Gasteiger charge is -2.14. The zero-order valence-electron chi connectivity index (χ0n) is 18.7. The van der Waals surface area contributed by atoms with E-state index in [1.54, 1.807) is 18.2 Å². The number of hydrogen-bond donors (Lipinski definition) is 2. The van der Waals surface area contributed by atoms with Gasteiger partial charge in [-0.25, -0.2) is 9.37 Å². The highest BCUT2D eigenvalue weighted by Crippen LogP contribution is 2.44. The van der Waals surface area contributed by atoms with E-state index in [9.17, 15) is 4.79 Å². The largest absolute Gasteiger partial charge is 0.495 e. The number of rotatable bonds is 9. The molecule has 0 aliphatic rings. The van der Waals surface area contributed by atoms with Crippen LogP contribution in [0.1, 0.15) is 16.7 Å². The van der Waals surface area contributed by atoms with Gasteiger partial charge in [-0.05, 0) is 66.1 Å². The maximum Gasteiger partial charge on any atom is 0.244 e. The number of nitrogens with zero attached hydrogens (tertiary/aromatic N) is 1. The standard InChI is InChI=1S/C25H21Cl3FN3O3/c1-14-5-3-6-17(30)25(14)32-21-9-8-15(13-31-21)11-16(29)22-23(27)18(34-2)12-19(24(22)28)35-10-4-7-20(26)33/h3-9,11-13H,10,30H2,1-2H3,(H,31,32)/b7-4-,16-11-. The van der Waals surface area contributed by atoms with Crippen molar-refractivity contribution in [3.05, 3.63) is 81.5 Å². The molecule has 2 aromatic carbocycles. The molecule has 35 heavy (non-hydrogen) atoms. The van der Waals surface area contributed by atoms with Gasteiger partial charge in [-0.15, -0.1) is 0 Å². The highest BCUT2D eigenvalue weighted by atomic mass is 35.5. The highest BCUT2D eigenvalue weighted by Gasteiger charge is 2.21. The van der Waals surface area contributed by atoms with Crippen LogP contribution in [0.5, 0.6) is 11.5 Å². The Labute approximate surface area is 217 Å². The average Bonchev–Trinajstić information content (AvgIpc) is 2.81. The number of hydrogen-bond acceptors (Lipinski definition) is 6. The summed E-state index contributed by atoms with van der Waals surface area (Å²) < 4.78 is 26.1. The van der Waals surface area contributed by atoms with Gasteiger partial charge in [0, 0.05) is 12.3 Å². The van der Waals surface area contributed by atoms with Crippen molar-refractivity contribution in [3.63, 3.8) is 0 Å². The summed E-state index contributed by atoms with van der Waals surface area (Å²) in [7, 11) is 1.38. The van der Waals surface area contributed by atoms with Crippen LogP contribution in [0, 0.1) is 6.92 Å². The maximum atomic E-state index is 15.3. The highest BCUT2D eigenvalue weighted by molar-refractivity contribution is 6.66. The van der Waals surface area contributed by atoms with E-state index in [-0.39, 0.29) is 33.7 Å². The summed E-state index contributed by atoms with van der Waals surface area (Å²) in [6.07, 6.45) is 5.25. The molecular formula is C25H21Cl3FN3O3. The quantitative estimate of drug-likeness (QED) is 0.171. The van der Waals surface area contributed by atoms with Gasteiger partial charge >= 0.3 is 0 Å². The third kappa shape index (κ3) is 6.66. The van der Waals surface area contributed by atoms with Gasteiger partial charge in [0.25, 0.3) is 0 Å². The molecule has 3 rings (SSSR count). The predicted octanol–water partition coefficient (Wildman–Crippen LogP) is 7.20. The number of aryl methyl sites for hydroxylation is 1. The second-order valence-corrected chi connectivity index (χ2v) is 8.36. The first-order valence-electron chi connectivity index (χ1n) is 10.2. The number of nitrogens with two attached hydrogens (primary N) is 1. The number of para-hydroxylation sites is 1. The lowest BCUT2D eigenvalue weighted by molar-refractivity contribution is -0.107. The second kappa shape index (κ2) is 11.9. The van der Waals surface area contributed by atoms with Gasteiger partial charge in [0.15, 0.2) is 0 Å². The molecule has 0 atom stereocenters. The molecule has 0 fully saturated rings. The topological polar surface area (TPSA) is 86.5 Å². The molecule has 1 aromatic heterocycles. The lowest BCUT2D eigenvalue weighted by Crippen LogP contribution is -2.00. The van der Waals surface area contributed by atoms with Crippen LogP contribution in [-0.2, 0) is 4.79 Å². The minimum absolute atomic E-state index is 0.0219. The van der Waals surface area contributed by atoms with Crippen molar-refractivity contribution in [2.24, 2.45) is 0 Å². The molecule has 0 aliphatic carbocycles. The summed E-state index contributed by atoms with van der Waals surface area (Å²) >= 11 is 18.0. The summed E-state index contributed by atoms with van der Waals surface area (Å²) in [6, 6.07) is 10.4. The average molecular weight is 537 g/mol. The van der Waals surface area contributed by atoms with Gasteiger partial charge < -0.3 is 20.5 Å². The molecule has 3 N–H and O–H groups in total. The Morgan fingerprint density at radius 2 is 1.94 bits per heavy atom. The SMILES string of the molecule is COc1cc(OC/C=C\C(=O)Cl)c(Cl)c(/C(F)=C/c2ccc(Nc3c(C)cccc3N)nc2)c1Cl. The zero-order valence-corrected chi connectivity index (χ0v) is 21.0. The fraction of sp³-hybridized carbons (Fsp3) is 0.120. The van der Waals surface area contributed by atoms with Crippen molar-refractivity contribution in [2.75, 3.05) is 24.8 Å². The van der Waals surface area contributed by atoms with Crippen LogP contribution in [0.25, 0.3) is 11.9 Å². The van der Waals surface area contributed by atoms with Gasteiger partial charge in [-0.3, -0.25) is 4.79 Å². The van der Waals surface area contributed by atoms with Crippen molar-refractivity contribution in [3.8, 4) is 11.5 Å². The molecule has 0 radical (unpaired) electrons. The normalized spacial score (nSPS) is 11.5. The number of benzene rings is 2. The molecule has 0 saturated heterocycles. The van der Waals surface area contributed by atoms with Crippen molar-refractivity contribution in [1.29, 1.82) is 0 Å². The number of allylic oxidation sites excluding steroid dienone is 1. The first-order chi connectivity index (χ1) is 16.7. The molecular weight excluding hydrogens is 516 g/mol. The minimum Gasteiger partial charge on any atom is -0.495 e. The Bertz CT molecular complexity index is 1280. The van der Waals surface area contributed by atoms with E-state index in [2.05, 4.69) is 10.3 Å². The second-order valence-electron chi connectivity index (χ2n) is 7.23. The molecule has 0 aliphatic heterocycles. The Morgan fingerprint density at radius 3 is 2.57 bits per heavy atom. The summed E-state index contributed by atoms with van der Waals surface area (Å²) in [5.74, 6) is 0.100. The first-order valence-corrected chi connectivity index (χ1v) is 11.3. The van der Waals surface area contributed by atoms with Gasteiger partial charge in [-0.2, -0.15) is 0 Å². The van der Waals surface area contributed by atoms with Crippen molar-refractivity contribution >= 4 is 69.1 Å². The van der Waals surface area contributed by atoms with E-state index in [1.165, 1.54) is 31.5 Å². The number of pyridine rings is 1. The number of carbonyl (C=O) groups is 1. The number of aromatic nitrogens is 1. The molecule has 0 unspecified atom stereocenters. The minimum atomic E-state index is -0.721. The van der Waals surface area contributed by atoms with Crippen molar-refractivity contribution in [1.82, 2.24) is 4.98 Å². The van der Waals surface area contributed by atoms with E-state index in [0.29, 0.717) is 17.1 Å². The van der Waals surface area contributed by atoms with Crippen LogP contribution in [0.4, 0.5) is 21.6 Å². The van der Waals surface area contributed by atoms with E-state index in [0.717, 1.165) is 17.3 Å². The number of carbonyl (C=O) groups excluding carboxylic acids is 1. The van der Waals surface area contributed by atoms with Crippen LogP contribution in [0.2, 0.25) is 10.0 Å². The number of anilines is 3. The monoisotopic (exact) mass is 535 g/mol. The zero-order chi connectivity index (χ0) is 25.5. The fourth-order valence-electron chi connectivity index (χ4n) is 3.10. The number of nitrogen functional groups attached to an aromatic ring is 1. The summed E-state index contributed by atoms with van der Waals surface area (Å²) in [5, 5.41) is 2.43. The Morgan fingerprint density at radius 1 is 1.20 bits per heavy atom. The van der Waals surface area contributed by atoms with Gasteiger partial charge in [0.05, 0.1) is 34.1 Å². The third-order valence-corrected chi connectivity index (χ3v) is 5.69. The van der Waals surface area contributed by atoms with Crippen LogP contribution in [0.15, 0.2) is 54.7 Å². The van der Waals surface area contributed by atoms with E-state index in [1.807, 2.05) is 19.1 Å². The molecule has 0 amide bonds. The van der Waals surface area contributed by atoms with Crippen molar-refractivity contribution < 1.29 is 18.7 Å². The molecule has 6 nitrogen and oxygen atoms in total. The molecule has 182 valence electrons. The predicted molar refractivity (Wildman–Crippen MR) is 141 cm³/mol. The van der Waals surface area contributed by atoms with E-state index in [4.69, 9.17) is 50.0 Å². The number of halogens is 4. The summed E-state index contributed by atoms with van der Waals surface area (Å²) in [4.78, 5) is 15.1. The van der Waals surface area contributed by atoms with Gasteiger partial charge in [-0.1, -0.05) is 35.3 Å². The van der Waals surface area contributed by atoms with Crippen LogP contribution in [-0.4, -0.2) is 23.9 Å². The molecule has 3 aromatic rings. The maximum absolute atomic E-state index is 15.3. The lowest BCUT2D eigenvalue weighted by atomic mass is 10.1. The van der Waals surface area contributed by atoms with Crippen LogP contribution < -0.4 is 20.5 Å². The summed E-state index contributed by atoms with van der Waals surface area (Å²) in [6.45, 7) is 1.90. The number of ether oxygens (including phenoxy) is 2. The van der Waals surface area contributed by atoms with Gasteiger partial charge in [0.2, 0.25) is 5.24 Å². The fourth-order valence-corrected chi connectivity index (χ4v) is 3.85. The van der Waals surface area contributed by atoms with Crippen molar-refractivity contribution in [2.45, 2.75) is 6.92 Å². The number of nitrogens with one attached hydrogen (secondary N) is 1. The molecule has 1 heterocycles. The van der Waals surface area contributed by atoms with Crippen LogP contribution >= 0.6 is 34.8 Å². The molecule has 0 bridgehead atoms. The third-order valence-electron chi connectivity index (χ3n) is 4.81. The van der Waals surface area contributed by atoms with E-state index < -0.39 is 11.1 Å². The smallest absolute Gasteiger partial charge is 0.244 e. The van der Waals surface area contributed by atoms with Crippen LogP contribution in [0.3, 0.4) is 0 Å².